The smallest absolute Gasteiger partial charge is 0.263 e. The van der Waals surface area contributed by atoms with Crippen molar-refractivity contribution >= 4 is 39.5 Å². The first-order valence-electron chi connectivity index (χ1n) is 8.13. The van der Waals surface area contributed by atoms with E-state index in [1.807, 2.05) is 23.6 Å². The molecule has 1 N–H and O–H groups in total. The molecule has 0 aliphatic rings. The Bertz CT molecular complexity index is 985. The lowest BCUT2D eigenvalue weighted by Crippen LogP contribution is -2.24. The summed E-state index contributed by atoms with van der Waals surface area (Å²) in [6, 6.07) is 14.5. The third kappa shape index (κ3) is 3.50. The maximum absolute atomic E-state index is 12.3. The number of rotatable bonds is 6. The van der Waals surface area contributed by atoms with E-state index in [-0.39, 0.29) is 5.91 Å². The summed E-state index contributed by atoms with van der Waals surface area (Å²) >= 11 is 3.07. The molecule has 0 unspecified atom stereocenters. The molecule has 1 aromatic carbocycles. The quantitative estimate of drug-likeness (QED) is 0.504. The molecule has 0 aliphatic heterocycles. The molecular formula is C19H17N3OS2. The lowest BCUT2D eigenvalue weighted by Gasteiger charge is -2.06. The molecule has 0 radical (unpaired) electrons. The first-order valence-corrected chi connectivity index (χ1v) is 9.83. The van der Waals surface area contributed by atoms with Crippen LogP contribution in [0.2, 0.25) is 0 Å². The van der Waals surface area contributed by atoms with Crippen molar-refractivity contribution in [3.63, 3.8) is 0 Å². The van der Waals surface area contributed by atoms with E-state index in [1.54, 1.807) is 17.5 Å². The van der Waals surface area contributed by atoms with Crippen LogP contribution in [0.4, 0.5) is 0 Å². The van der Waals surface area contributed by atoms with Crippen LogP contribution in [0.15, 0.2) is 60.2 Å². The van der Waals surface area contributed by atoms with Crippen LogP contribution in [-0.2, 0) is 6.54 Å². The molecule has 25 heavy (non-hydrogen) atoms. The van der Waals surface area contributed by atoms with Gasteiger partial charge in [0.2, 0.25) is 0 Å². The van der Waals surface area contributed by atoms with Crippen LogP contribution in [0, 0.1) is 0 Å². The SMILES string of the molecule is O=C(NCCCn1ccc2ccccc21)c1cnc(-c2cccs2)s1. The Balaban J connectivity index is 1.30. The Hall–Kier alpha value is -2.44. The second-order valence-electron chi connectivity index (χ2n) is 5.68. The fourth-order valence-electron chi connectivity index (χ4n) is 2.77. The summed E-state index contributed by atoms with van der Waals surface area (Å²) in [5.41, 5.74) is 1.23. The Morgan fingerprint density at radius 2 is 2.08 bits per heavy atom. The number of para-hydroxylation sites is 1. The summed E-state index contributed by atoms with van der Waals surface area (Å²) in [5, 5.41) is 7.15. The van der Waals surface area contributed by atoms with Gasteiger partial charge in [-0.2, -0.15) is 0 Å². The summed E-state index contributed by atoms with van der Waals surface area (Å²) < 4.78 is 2.23. The first kappa shape index (κ1) is 16.1. The van der Waals surface area contributed by atoms with Gasteiger partial charge >= 0.3 is 0 Å². The van der Waals surface area contributed by atoms with E-state index in [0.29, 0.717) is 11.4 Å². The van der Waals surface area contributed by atoms with E-state index >= 15 is 0 Å². The normalized spacial score (nSPS) is 11.0. The van der Waals surface area contributed by atoms with Crippen molar-refractivity contribution in [1.82, 2.24) is 14.9 Å². The molecule has 0 saturated heterocycles. The van der Waals surface area contributed by atoms with Crippen molar-refractivity contribution < 1.29 is 4.79 Å². The predicted molar refractivity (Wildman–Crippen MR) is 104 cm³/mol. The second-order valence-corrected chi connectivity index (χ2v) is 7.66. The van der Waals surface area contributed by atoms with E-state index in [0.717, 1.165) is 22.9 Å². The van der Waals surface area contributed by atoms with E-state index in [9.17, 15) is 4.79 Å². The number of nitrogens with one attached hydrogen (secondary N) is 1. The molecule has 0 bridgehead atoms. The molecule has 4 nitrogen and oxygen atoms in total. The van der Waals surface area contributed by atoms with E-state index in [4.69, 9.17) is 0 Å². The summed E-state index contributed by atoms with van der Waals surface area (Å²) in [6.07, 6.45) is 4.65. The molecular weight excluding hydrogens is 350 g/mol. The molecule has 0 spiro atoms. The van der Waals surface area contributed by atoms with E-state index in [2.05, 4.69) is 45.3 Å². The van der Waals surface area contributed by atoms with Gasteiger partial charge in [-0.15, -0.1) is 22.7 Å². The molecule has 0 fully saturated rings. The number of carbonyl (C=O) groups excluding carboxylic acids is 1. The number of amides is 1. The Kier molecular flexibility index (Phi) is 4.63. The lowest BCUT2D eigenvalue weighted by molar-refractivity contribution is 0.0956. The molecule has 4 aromatic rings. The van der Waals surface area contributed by atoms with Crippen LogP contribution in [0.5, 0.6) is 0 Å². The van der Waals surface area contributed by atoms with E-state index < -0.39 is 0 Å². The van der Waals surface area contributed by atoms with Crippen LogP contribution in [-0.4, -0.2) is 22.0 Å². The molecule has 3 aromatic heterocycles. The number of benzene rings is 1. The highest BCUT2D eigenvalue weighted by atomic mass is 32.1. The summed E-state index contributed by atoms with van der Waals surface area (Å²) in [7, 11) is 0. The Morgan fingerprint density at radius 1 is 1.16 bits per heavy atom. The van der Waals surface area contributed by atoms with Gasteiger partial charge in [-0.05, 0) is 35.4 Å². The molecule has 0 aliphatic carbocycles. The molecule has 0 atom stereocenters. The molecule has 0 saturated carbocycles. The lowest BCUT2D eigenvalue weighted by atomic mass is 10.2. The van der Waals surface area contributed by atoms with Crippen molar-refractivity contribution in [2.45, 2.75) is 13.0 Å². The minimum Gasteiger partial charge on any atom is -0.351 e. The largest absolute Gasteiger partial charge is 0.351 e. The topological polar surface area (TPSA) is 46.9 Å². The number of fused-ring (bicyclic) bond motifs is 1. The van der Waals surface area contributed by atoms with Crippen molar-refractivity contribution in [2.24, 2.45) is 0 Å². The molecule has 3 heterocycles. The van der Waals surface area contributed by atoms with Gasteiger partial charge in [-0.3, -0.25) is 4.79 Å². The van der Waals surface area contributed by atoms with Gasteiger partial charge in [-0.1, -0.05) is 24.3 Å². The number of hydrogen-bond acceptors (Lipinski definition) is 4. The van der Waals surface area contributed by atoms with Crippen molar-refractivity contribution in [1.29, 1.82) is 0 Å². The number of aromatic nitrogens is 2. The first-order chi connectivity index (χ1) is 12.3. The standard InChI is InChI=1S/C19H17N3OS2/c23-18(17-13-21-19(25-17)16-7-3-12-24-16)20-9-4-10-22-11-8-14-5-1-2-6-15(14)22/h1-3,5-8,11-13H,4,9-10H2,(H,20,23). The minimum absolute atomic E-state index is 0.0438. The van der Waals surface area contributed by atoms with Gasteiger partial charge in [0.1, 0.15) is 9.88 Å². The molecule has 1 amide bonds. The fraction of sp³-hybridized carbons (Fsp3) is 0.158. The second kappa shape index (κ2) is 7.21. The zero-order valence-electron chi connectivity index (χ0n) is 13.5. The number of thiazole rings is 1. The van der Waals surface area contributed by atoms with Gasteiger partial charge < -0.3 is 9.88 Å². The highest BCUT2D eigenvalue weighted by Crippen LogP contribution is 2.28. The van der Waals surface area contributed by atoms with E-state index in [1.165, 1.54) is 22.2 Å². The molecule has 6 heteroatoms. The minimum atomic E-state index is -0.0438. The maximum atomic E-state index is 12.3. The number of aryl methyl sites for hydroxylation is 1. The van der Waals surface area contributed by atoms with Gasteiger partial charge in [0.15, 0.2) is 0 Å². The fourth-order valence-corrected chi connectivity index (χ4v) is 4.40. The Labute approximate surface area is 153 Å². The number of hydrogen-bond donors (Lipinski definition) is 1. The van der Waals surface area contributed by atoms with Crippen LogP contribution in [0.25, 0.3) is 20.8 Å². The Morgan fingerprint density at radius 3 is 2.96 bits per heavy atom. The number of thiophene rings is 1. The summed E-state index contributed by atoms with van der Waals surface area (Å²) in [5.74, 6) is -0.0438. The van der Waals surface area contributed by atoms with Crippen molar-refractivity contribution in [3.05, 3.63) is 65.1 Å². The van der Waals surface area contributed by atoms with Crippen LogP contribution < -0.4 is 5.32 Å². The van der Waals surface area contributed by atoms with Gasteiger partial charge in [-0.25, -0.2) is 4.98 Å². The average molecular weight is 367 g/mol. The molecule has 4 rings (SSSR count). The predicted octanol–water partition coefficient (Wildman–Crippen LogP) is 4.65. The van der Waals surface area contributed by atoms with Crippen LogP contribution >= 0.6 is 22.7 Å². The van der Waals surface area contributed by atoms with Crippen molar-refractivity contribution in [2.75, 3.05) is 6.54 Å². The monoisotopic (exact) mass is 367 g/mol. The number of nitrogens with zero attached hydrogens (tertiary/aromatic N) is 2. The number of carbonyl (C=O) groups is 1. The highest BCUT2D eigenvalue weighted by molar-refractivity contribution is 7.21. The third-order valence-electron chi connectivity index (χ3n) is 4.00. The molecule has 126 valence electrons. The summed E-state index contributed by atoms with van der Waals surface area (Å²) in [6.45, 7) is 1.54. The third-order valence-corrected chi connectivity index (χ3v) is 6.04. The van der Waals surface area contributed by atoms with Gasteiger partial charge in [0, 0.05) is 24.8 Å². The van der Waals surface area contributed by atoms with Gasteiger partial charge in [0.25, 0.3) is 5.91 Å². The van der Waals surface area contributed by atoms with Crippen molar-refractivity contribution in [3.8, 4) is 9.88 Å². The summed E-state index contributed by atoms with van der Waals surface area (Å²) in [4.78, 5) is 18.4. The van der Waals surface area contributed by atoms with Crippen LogP contribution in [0.3, 0.4) is 0 Å². The van der Waals surface area contributed by atoms with Crippen LogP contribution in [0.1, 0.15) is 16.1 Å². The average Bonchev–Trinajstić information content (AvgIpc) is 3.38. The zero-order valence-corrected chi connectivity index (χ0v) is 15.1. The zero-order chi connectivity index (χ0) is 17.1. The maximum Gasteiger partial charge on any atom is 0.263 e. The van der Waals surface area contributed by atoms with Gasteiger partial charge in [0.05, 0.1) is 11.1 Å². The highest BCUT2D eigenvalue weighted by Gasteiger charge is 2.11.